The number of hydrogen-bond acceptors (Lipinski definition) is 2. The van der Waals surface area contributed by atoms with Crippen molar-refractivity contribution in [2.75, 3.05) is 4.72 Å². The molecule has 0 atom stereocenters. The van der Waals surface area contributed by atoms with Gasteiger partial charge in [0.05, 0.1) is 10.6 Å². The van der Waals surface area contributed by atoms with E-state index in [2.05, 4.69) is 20.7 Å². The lowest BCUT2D eigenvalue weighted by atomic mass is 10.0. The molecule has 0 saturated heterocycles. The third kappa shape index (κ3) is 3.64. The molecule has 0 heterocycles. The van der Waals surface area contributed by atoms with Gasteiger partial charge in [0.25, 0.3) is 10.0 Å². The van der Waals surface area contributed by atoms with Crippen LogP contribution in [-0.4, -0.2) is 8.42 Å². The van der Waals surface area contributed by atoms with Crippen LogP contribution in [0.25, 0.3) is 0 Å². The van der Waals surface area contributed by atoms with E-state index in [0.29, 0.717) is 6.07 Å². The Hall–Kier alpha value is -1.47. The molecule has 1 N–H and O–H groups in total. The van der Waals surface area contributed by atoms with Gasteiger partial charge in [-0.3, -0.25) is 4.72 Å². The minimum absolute atomic E-state index is 0.00697. The smallest absolute Gasteiger partial charge is 0.262 e. The maximum absolute atomic E-state index is 13.7. The Kier molecular flexibility index (Phi) is 4.87. The minimum atomic E-state index is -3.96. The van der Waals surface area contributed by atoms with Crippen LogP contribution in [0, 0.1) is 11.6 Å². The van der Waals surface area contributed by atoms with Gasteiger partial charge in [0, 0.05) is 10.5 Å². The highest BCUT2D eigenvalue weighted by Crippen LogP contribution is 2.29. The molecule has 118 valence electrons. The summed E-state index contributed by atoms with van der Waals surface area (Å²) in [4.78, 5) is 0.00697. The summed E-state index contributed by atoms with van der Waals surface area (Å²) in [6, 6.07) is 7.91. The highest BCUT2D eigenvalue weighted by molar-refractivity contribution is 9.10. The van der Waals surface area contributed by atoms with Crippen LogP contribution in [0.4, 0.5) is 14.5 Å². The van der Waals surface area contributed by atoms with Gasteiger partial charge in [-0.2, -0.15) is 0 Å². The fourth-order valence-corrected chi connectivity index (χ4v) is 3.59. The monoisotopic (exact) mass is 389 g/mol. The number of rotatable bonds is 4. The highest BCUT2D eigenvalue weighted by atomic mass is 79.9. The van der Waals surface area contributed by atoms with E-state index in [1.807, 2.05) is 13.8 Å². The van der Waals surface area contributed by atoms with E-state index in [4.69, 9.17) is 0 Å². The van der Waals surface area contributed by atoms with Crippen LogP contribution < -0.4 is 4.72 Å². The molecule has 2 rings (SSSR count). The van der Waals surface area contributed by atoms with Crippen molar-refractivity contribution in [1.82, 2.24) is 0 Å². The van der Waals surface area contributed by atoms with Gasteiger partial charge < -0.3 is 0 Å². The van der Waals surface area contributed by atoms with Gasteiger partial charge in [0.2, 0.25) is 0 Å². The highest BCUT2D eigenvalue weighted by Gasteiger charge is 2.19. The van der Waals surface area contributed by atoms with E-state index in [-0.39, 0.29) is 21.0 Å². The first-order valence-corrected chi connectivity index (χ1v) is 8.75. The van der Waals surface area contributed by atoms with Gasteiger partial charge in [0.1, 0.15) is 5.82 Å². The topological polar surface area (TPSA) is 46.2 Å². The van der Waals surface area contributed by atoms with Crippen molar-refractivity contribution < 1.29 is 17.2 Å². The van der Waals surface area contributed by atoms with Gasteiger partial charge in [-0.1, -0.05) is 26.0 Å². The molecule has 0 spiro atoms. The van der Waals surface area contributed by atoms with Crippen LogP contribution >= 0.6 is 15.9 Å². The Labute approximate surface area is 136 Å². The zero-order valence-electron chi connectivity index (χ0n) is 11.9. The lowest BCUT2D eigenvalue weighted by Gasteiger charge is -2.12. The average Bonchev–Trinajstić information content (AvgIpc) is 2.43. The van der Waals surface area contributed by atoms with Crippen LogP contribution in [0.2, 0.25) is 0 Å². The number of sulfonamides is 1. The van der Waals surface area contributed by atoms with Crippen molar-refractivity contribution in [2.24, 2.45) is 0 Å². The zero-order valence-corrected chi connectivity index (χ0v) is 14.3. The first-order chi connectivity index (χ1) is 10.2. The van der Waals surface area contributed by atoms with Crippen LogP contribution in [0.1, 0.15) is 25.3 Å². The van der Waals surface area contributed by atoms with Gasteiger partial charge in [0.15, 0.2) is 5.82 Å². The Morgan fingerprint density at radius 1 is 1.09 bits per heavy atom. The first kappa shape index (κ1) is 16.9. The summed E-state index contributed by atoms with van der Waals surface area (Å²) in [5.41, 5.74) is 0.669. The summed E-state index contributed by atoms with van der Waals surface area (Å²) in [6.07, 6.45) is 0. The van der Waals surface area contributed by atoms with Crippen LogP contribution in [-0.2, 0) is 10.0 Å². The molecule has 2 aromatic carbocycles. The second-order valence-electron chi connectivity index (χ2n) is 5.07. The Bertz CT molecular complexity index is 767. The summed E-state index contributed by atoms with van der Waals surface area (Å²) < 4.78 is 53.5. The molecule has 0 aliphatic rings. The van der Waals surface area contributed by atoms with Crippen molar-refractivity contribution >= 4 is 31.6 Å². The van der Waals surface area contributed by atoms with E-state index in [9.17, 15) is 17.2 Å². The first-order valence-electron chi connectivity index (χ1n) is 6.48. The predicted molar refractivity (Wildman–Crippen MR) is 85.4 cm³/mol. The molecule has 0 amide bonds. The molecule has 0 fully saturated rings. The number of benzene rings is 2. The van der Waals surface area contributed by atoms with Gasteiger partial charge in [-0.15, -0.1) is 0 Å². The summed E-state index contributed by atoms with van der Waals surface area (Å²) in [5.74, 6) is -1.52. The fraction of sp³-hybridized carbons (Fsp3) is 0.200. The minimum Gasteiger partial charge on any atom is -0.275 e. The maximum Gasteiger partial charge on any atom is 0.262 e. The molecular weight excluding hydrogens is 376 g/mol. The zero-order chi connectivity index (χ0) is 16.5. The molecule has 0 bridgehead atoms. The third-order valence-electron chi connectivity index (χ3n) is 3.10. The summed E-state index contributed by atoms with van der Waals surface area (Å²) >= 11 is 2.95. The standard InChI is InChI=1S/C15H14BrF2NO2S/c1-9(2)10-3-5-12(6-4-10)22(20,21)19-15-13(16)7-11(17)8-14(15)18/h3-9,19H,1-2H3. The molecule has 0 saturated carbocycles. The average molecular weight is 390 g/mol. The molecule has 0 aromatic heterocycles. The van der Waals surface area contributed by atoms with Crippen molar-refractivity contribution in [3.05, 3.63) is 58.1 Å². The summed E-state index contributed by atoms with van der Waals surface area (Å²) in [7, 11) is -3.96. The predicted octanol–water partition coefficient (Wildman–Crippen LogP) is 4.65. The lowest BCUT2D eigenvalue weighted by Crippen LogP contribution is -2.14. The van der Waals surface area contributed by atoms with Crippen molar-refractivity contribution in [3.63, 3.8) is 0 Å². The normalized spacial score (nSPS) is 11.7. The largest absolute Gasteiger partial charge is 0.275 e. The molecule has 22 heavy (non-hydrogen) atoms. The second kappa shape index (κ2) is 6.34. The Balaban J connectivity index is 2.36. The van der Waals surface area contributed by atoms with Crippen molar-refractivity contribution in [3.8, 4) is 0 Å². The fourth-order valence-electron chi connectivity index (χ4n) is 1.86. The molecule has 2 aromatic rings. The van der Waals surface area contributed by atoms with Crippen LogP contribution in [0.15, 0.2) is 45.8 Å². The van der Waals surface area contributed by atoms with Gasteiger partial charge in [-0.05, 0) is 45.6 Å². The Morgan fingerprint density at radius 2 is 1.68 bits per heavy atom. The quantitative estimate of drug-likeness (QED) is 0.826. The van der Waals surface area contributed by atoms with Crippen LogP contribution in [0.3, 0.4) is 0 Å². The van der Waals surface area contributed by atoms with Gasteiger partial charge >= 0.3 is 0 Å². The Morgan fingerprint density at radius 3 is 2.18 bits per heavy atom. The number of nitrogens with one attached hydrogen (secondary N) is 1. The maximum atomic E-state index is 13.7. The number of hydrogen-bond donors (Lipinski definition) is 1. The summed E-state index contributed by atoms with van der Waals surface area (Å²) in [6.45, 7) is 3.99. The molecule has 7 heteroatoms. The number of halogens is 3. The van der Waals surface area contributed by atoms with Crippen molar-refractivity contribution in [2.45, 2.75) is 24.7 Å². The molecule has 0 radical (unpaired) electrons. The van der Waals surface area contributed by atoms with E-state index in [0.717, 1.165) is 11.6 Å². The molecule has 0 aliphatic heterocycles. The summed E-state index contributed by atoms with van der Waals surface area (Å²) in [5, 5.41) is 0. The third-order valence-corrected chi connectivity index (χ3v) is 5.09. The van der Waals surface area contributed by atoms with Crippen molar-refractivity contribution in [1.29, 1.82) is 0 Å². The number of anilines is 1. The van der Waals surface area contributed by atoms with Crippen LogP contribution in [0.5, 0.6) is 0 Å². The van der Waals surface area contributed by atoms with E-state index in [1.165, 1.54) is 12.1 Å². The second-order valence-corrected chi connectivity index (χ2v) is 7.61. The molecule has 0 aliphatic carbocycles. The molecule has 3 nitrogen and oxygen atoms in total. The molecule has 0 unspecified atom stereocenters. The molecular formula is C15H14BrF2NO2S. The lowest BCUT2D eigenvalue weighted by molar-refractivity contribution is 0.581. The SMILES string of the molecule is CC(C)c1ccc(S(=O)(=O)Nc2c(F)cc(F)cc2Br)cc1. The van der Waals surface area contributed by atoms with E-state index in [1.54, 1.807) is 12.1 Å². The van der Waals surface area contributed by atoms with E-state index >= 15 is 0 Å². The van der Waals surface area contributed by atoms with E-state index < -0.39 is 21.7 Å². The van der Waals surface area contributed by atoms with Gasteiger partial charge in [-0.25, -0.2) is 17.2 Å².